The van der Waals surface area contributed by atoms with E-state index in [9.17, 15) is 4.79 Å². The molecule has 3 nitrogen and oxygen atoms in total. The van der Waals surface area contributed by atoms with Crippen LogP contribution in [0, 0.1) is 5.92 Å². The molecule has 0 radical (unpaired) electrons. The Morgan fingerprint density at radius 3 is 2.81 bits per heavy atom. The Morgan fingerprint density at radius 1 is 1.31 bits per heavy atom. The second-order valence-corrected chi connectivity index (χ2v) is 4.70. The largest absolute Gasteiger partial charge is 0.466 e. The Bertz CT molecular complexity index is 188. The Hall–Kier alpha value is -0.570. The monoisotopic (exact) mass is 227 g/mol. The van der Waals surface area contributed by atoms with Crippen molar-refractivity contribution in [1.29, 1.82) is 0 Å². The van der Waals surface area contributed by atoms with Crippen molar-refractivity contribution in [3.05, 3.63) is 0 Å². The minimum atomic E-state index is -0.0100. The minimum absolute atomic E-state index is 0.0100. The van der Waals surface area contributed by atoms with E-state index in [0.29, 0.717) is 18.9 Å². The van der Waals surface area contributed by atoms with Crippen molar-refractivity contribution >= 4 is 5.97 Å². The summed E-state index contributed by atoms with van der Waals surface area (Å²) in [4.78, 5) is 11.4. The van der Waals surface area contributed by atoms with Crippen molar-refractivity contribution in [2.75, 3.05) is 19.7 Å². The first-order valence-corrected chi connectivity index (χ1v) is 6.69. The van der Waals surface area contributed by atoms with E-state index in [4.69, 9.17) is 4.74 Å². The molecule has 1 atom stereocenters. The van der Waals surface area contributed by atoms with Crippen molar-refractivity contribution in [2.45, 2.75) is 51.9 Å². The van der Waals surface area contributed by atoms with Crippen LogP contribution >= 0.6 is 0 Å². The number of nitrogens with one attached hydrogen (secondary N) is 1. The molecule has 0 saturated carbocycles. The van der Waals surface area contributed by atoms with E-state index in [1.807, 2.05) is 0 Å². The zero-order valence-electron chi connectivity index (χ0n) is 10.5. The van der Waals surface area contributed by atoms with Crippen molar-refractivity contribution in [3.8, 4) is 0 Å². The number of carbonyl (C=O) groups excluding carboxylic acids is 1. The number of carbonyl (C=O) groups is 1. The van der Waals surface area contributed by atoms with Crippen LogP contribution in [0.2, 0.25) is 0 Å². The standard InChI is InChI=1S/C13H25NO2/c1-2-3-4-5-6-9-16-13(15)10-12-7-8-14-11-12/h12,14H,2-11H2,1H3. The third-order valence-electron chi connectivity index (χ3n) is 3.13. The topological polar surface area (TPSA) is 38.3 Å². The van der Waals surface area contributed by atoms with Gasteiger partial charge >= 0.3 is 5.97 Å². The van der Waals surface area contributed by atoms with Gasteiger partial charge in [-0.2, -0.15) is 0 Å². The first-order valence-electron chi connectivity index (χ1n) is 6.69. The number of esters is 1. The van der Waals surface area contributed by atoms with Crippen LogP contribution in [0.1, 0.15) is 51.9 Å². The normalized spacial score (nSPS) is 19.9. The van der Waals surface area contributed by atoms with Crippen molar-refractivity contribution < 1.29 is 9.53 Å². The highest BCUT2D eigenvalue weighted by Gasteiger charge is 2.18. The SMILES string of the molecule is CCCCCCCOC(=O)CC1CCNC1. The lowest BCUT2D eigenvalue weighted by Gasteiger charge is -2.08. The number of ether oxygens (including phenoxy) is 1. The minimum Gasteiger partial charge on any atom is -0.466 e. The first-order chi connectivity index (χ1) is 7.83. The van der Waals surface area contributed by atoms with Gasteiger partial charge in [0.15, 0.2) is 0 Å². The molecule has 1 rings (SSSR count). The summed E-state index contributed by atoms with van der Waals surface area (Å²) < 4.78 is 5.22. The molecule has 1 unspecified atom stereocenters. The molecule has 1 aliphatic rings. The second kappa shape index (κ2) is 8.57. The highest BCUT2D eigenvalue weighted by atomic mass is 16.5. The summed E-state index contributed by atoms with van der Waals surface area (Å²) in [5.41, 5.74) is 0. The smallest absolute Gasteiger partial charge is 0.306 e. The van der Waals surface area contributed by atoms with Crippen LogP contribution in [0.3, 0.4) is 0 Å². The lowest BCUT2D eigenvalue weighted by molar-refractivity contribution is -0.144. The molecule has 94 valence electrons. The van der Waals surface area contributed by atoms with E-state index in [0.717, 1.165) is 25.9 Å². The molecule has 1 aliphatic heterocycles. The summed E-state index contributed by atoms with van der Waals surface area (Å²) in [5.74, 6) is 0.497. The number of hydrogen-bond acceptors (Lipinski definition) is 3. The first kappa shape index (κ1) is 13.5. The van der Waals surface area contributed by atoms with Gasteiger partial charge in [-0.25, -0.2) is 0 Å². The lowest BCUT2D eigenvalue weighted by Crippen LogP contribution is -2.15. The average Bonchev–Trinajstić information content (AvgIpc) is 2.76. The number of hydrogen-bond donors (Lipinski definition) is 1. The van der Waals surface area contributed by atoms with E-state index < -0.39 is 0 Å². The van der Waals surface area contributed by atoms with E-state index in [1.54, 1.807) is 0 Å². The third-order valence-corrected chi connectivity index (χ3v) is 3.13. The molecule has 0 aliphatic carbocycles. The summed E-state index contributed by atoms with van der Waals surface area (Å²) in [7, 11) is 0. The molecule has 0 aromatic carbocycles. The molecule has 0 spiro atoms. The van der Waals surface area contributed by atoms with Crippen LogP contribution in [0.15, 0.2) is 0 Å². The highest BCUT2D eigenvalue weighted by Crippen LogP contribution is 2.13. The number of rotatable bonds is 8. The molecular weight excluding hydrogens is 202 g/mol. The zero-order valence-corrected chi connectivity index (χ0v) is 10.5. The van der Waals surface area contributed by atoms with Gasteiger partial charge in [-0.15, -0.1) is 0 Å². The summed E-state index contributed by atoms with van der Waals surface area (Å²) in [6.07, 6.45) is 7.74. The van der Waals surface area contributed by atoms with Crippen LogP contribution < -0.4 is 5.32 Å². The fraction of sp³-hybridized carbons (Fsp3) is 0.923. The highest BCUT2D eigenvalue weighted by molar-refractivity contribution is 5.69. The average molecular weight is 227 g/mol. The lowest BCUT2D eigenvalue weighted by atomic mass is 10.1. The molecule has 16 heavy (non-hydrogen) atoms. The molecule has 0 amide bonds. The molecule has 0 bridgehead atoms. The summed E-state index contributed by atoms with van der Waals surface area (Å²) >= 11 is 0. The summed E-state index contributed by atoms with van der Waals surface area (Å²) in [5, 5.41) is 3.26. The summed E-state index contributed by atoms with van der Waals surface area (Å²) in [6.45, 7) is 4.85. The summed E-state index contributed by atoms with van der Waals surface area (Å²) in [6, 6.07) is 0. The van der Waals surface area contributed by atoms with Gasteiger partial charge in [0.1, 0.15) is 0 Å². The zero-order chi connectivity index (χ0) is 11.6. The second-order valence-electron chi connectivity index (χ2n) is 4.70. The van der Waals surface area contributed by atoms with Crippen LogP contribution in [0.25, 0.3) is 0 Å². The maximum atomic E-state index is 11.4. The molecule has 1 N–H and O–H groups in total. The van der Waals surface area contributed by atoms with Gasteiger partial charge in [-0.05, 0) is 31.8 Å². The Kier molecular flexibility index (Phi) is 7.23. The predicted molar refractivity (Wildman–Crippen MR) is 65.3 cm³/mol. The van der Waals surface area contributed by atoms with Crippen LogP contribution in [-0.4, -0.2) is 25.7 Å². The molecule has 1 fully saturated rings. The Morgan fingerprint density at radius 2 is 2.12 bits per heavy atom. The van der Waals surface area contributed by atoms with E-state index >= 15 is 0 Å². The Balaban J connectivity index is 1.89. The van der Waals surface area contributed by atoms with E-state index in [2.05, 4.69) is 12.2 Å². The van der Waals surface area contributed by atoms with E-state index in [1.165, 1.54) is 25.7 Å². The number of unbranched alkanes of at least 4 members (excludes halogenated alkanes) is 4. The Labute approximate surface area is 98.9 Å². The third kappa shape index (κ3) is 6.11. The molecule has 3 heteroatoms. The van der Waals surface area contributed by atoms with Crippen LogP contribution in [-0.2, 0) is 9.53 Å². The molecule has 1 heterocycles. The van der Waals surface area contributed by atoms with Crippen molar-refractivity contribution in [1.82, 2.24) is 5.32 Å². The fourth-order valence-electron chi connectivity index (χ4n) is 2.07. The van der Waals surface area contributed by atoms with Gasteiger partial charge in [-0.3, -0.25) is 4.79 Å². The quantitative estimate of drug-likeness (QED) is 0.511. The maximum absolute atomic E-state index is 11.4. The van der Waals surface area contributed by atoms with Crippen molar-refractivity contribution in [2.24, 2.45) is 5.92 Å². The molecule has 1 saturated heterocycles. The van der Waals surface area contributed by atoms with Gasteiger partial charge in [0.25, 0.3) is 0 Å². The van der Waals surface area contributed by atoms with Gasteiger partial charge in [0, 0.05) is 6.42 Å². The maximum Gasteiger partial charge on any atom is 0.306 e. The van der Waals surface area contributed by atoms with Crippen LogP contribution in [0.5, 0.6) is 0 Å². The van der Waals surface area contributed by atoms with Gasteiger partial charge in [0.2, 0.25) is 0 Å². The fourth-order valence-corrected chi connectivity index (χ4v) is 2.07. The predicted octanol–water partition coefficient (Wildman–Crippen LogP) is 2.50. The van der Waals surface area contributed by atoms with Gasteiger partial charge in [-0.1, -0.05) is 32.6 Å². The van der Waals surface area contributed by atoms with Gasteiger partial charge < -0.3 is 10.1 Å². The van der Waals surface area contributed by atoms with Crippen molar-refractivity contribution in [3.63, 3.8) is 0 Å². The van der Waals surface area contributed by atoms with Crippen LogP contribution in [0.4, 0.5) is 0 Å². The molecule has 0 aromatic heterocycles. The van der Waals surface area contributed by atoms with Gasteiger partial charge in [0.05, 0.1) is 6.61 Å². The van der Waals surface area contributed by atoms with E-state index in [-0.39, 0.29) is 5.97 Å². The molecule has 0 aromatic rings. The molecular formula is C13H25NO2.